The fourth-order valence-corrected chi connectivity index (χ4v) is 5.53. The molecule has 0 saturated carbocycles. The highest BCUT2D eigenvalue weighted by Gasteiger charge is 2.19. The molecule has 0 bridgehead atoms. The van der Waals surface area contributed by atoms with Gasteiger partial charge in [0.1, 0.15) is 5.75 Å². The van der Waals surface area contributed by atoms with E-state index in [1.807, 2.05) is 24.3 Å². The minimum absolute atomic E-state index is 0. The van der Waals surface area contributed by atoms with Crippen LogP contribution in [-0.2, 0) is 12.0 Å². The standard InChI is InChI=1S/C35H50N2O2S.BrH/c1-5-6-7-8-9-10-11-12-13-14-15-16-23-39-33-26-30(35(2,3)4)20-21-32(33)34(38)36-31-19-17-18-29(25-31)27-37-22-24-40-28-37;/h17-22,24-26,28H,5-16,23,27H2,1-4H3;1H. The Morgan fingerprint density at radius 2 is 1.54 bits per heavy atom. The summed E-state index contributed by atoms with van der Waals surface area (Å²) < 4.78 is 8.39. The lowest BCUT2D eigenvalue weighted by Gasteiger charge is -2.21. The molecular weight excluding hydrogens is 592 g/mol. The lowest BCUT2D eigenvalue weighted by atomic mass is 9.86. The van der Waals surface area contributed by atoms with Gasteiger partial charge in [-0.2, -0.15) is 4.57 Å². The van der Waals surface area contributed by atoms with E-state index in [-0.39, 0.29) is 28.3 Å². The van der Waals surface area contributed by atoms with Crippen LogP contribution in [0.1, 0.15) is 126 Å². The van der Waals surface area contributed by atoms with E-state index in [1.165, 1.54) is 76.2 Å². The Morgan fingerprint density at radius 3 is 2.15 bits per heavy atom. The normalized spacial score (nSPS) is 11.2. The van der Waals surface area contributed by atoms with Crippen LogP contribution in [0.2, 0.25) is 0 Å². The molecule has 1 N–H and O–H groups in total. The topological polar surface area (TPSA) is 42.2 Å². The zero-order valence-corrected chi connectivity index (χ0v) is 28.1. The number of hydrogen-bond acceptors (Lipinski definition) is 3. The van der Waals surface area contributed by atoms with Crippen molar-refractivity contribution in [3.63, 3.8) is 0 Å². The number of benzene rings is 2. The second-order valence-corrected chi connectivity index (χ2v) is 12.8. The first-order valence-corrected chi connectivity index (χ1v) is 16.4. The molecule has 0 unspecified atom stereocenters. The lowest BCUT2D eigenvalue weighted by molar-refractivity contribution is -0.683. The van der Waals surface area contributed by atoms with Gasteiger partial charge in [0.05, 0.1) is 17.6 Å². The number of hydrogen-bond donors (Lipinski definition) is 1. The number of aromatic nitrogens is 1. The number of rotatable bonds is 18. The molecule has 0 aliphatic rings. The number of carbonyl (C=O) groups is 1. The zero-order chi connectivity index (χ0) is 28.6. The summed E-state index contributed by atoms with van der Waals surface area (Å²) >= 11 is 1.67. The fraction of sp³-hybridized carbons (Fsp3) is 0.543. The van der Waals surface area contributed by atoms with Gasteiger partial charge in [0.2, 0.25) is 5.51 Å². The quantitative estimate of drug-likeness (QED) is 0.124. The summed E-state index contributed by atoms with van der Waals surface area (Å²) in [5.41, 5.74) is 5.77. The molecule has 0 saturated heterocycles. The van der Waals surface area contributed by atoms with Crippen LogP contribution in [0, 0.1) is 0 Å². The van der Waals surface area contributed by atoms with Crippen LogP contribution < -0.4 is 31.6 Å². The summed E-state index contributed by atoms with van der Waals surface area (Å²) in [5.74, 6) is 0.545. The Balaban J connectivity index is 0.00000588. The number of unbranched alkanes of at least 4 members (excludes halogenated alkanes) is 11. The molecule has 3 aromatic rings. The van der Waals surface area contributed by atoms with Crippen molar-refractivity contribution in [2.45, 2.75) is 117 Å². The maximum atomic E-state index is 13.4. The van der Waals surface area contributed by atoms with E-state index in [4.69, 9.17) is 4.74 Å². The van der Waals surface area contributed by atoms with Crippen LogP contribution in [0.15, 0.2) is 59.6 Å². The van der Waals surface area contributed by atoms with E-state index in [1.54, 1.807) is 11.3 Å². The zero-order valence-electron chi connectivity index (χ0n) is 25.7. The summed E-state index contributed by atoms with van der Waals surface area (Å²) in [5, 5.41) is 5.16. The van der Waals surface area contributed by atoms with Crippen LogP contribution in [0.5, 0.6) is 5.75 Å². The Kier molecular flexibility index (Phi) is 16.3. The maximum absolute atomic E-state index is 13.4. The van der Waals surface area contributed by atoms with Crippen LogP contribution in [0.3, 0.4) is 0 Å². The fourth-order valence-electron chi connectivity index (χ4n) is 4.93. The molecule has 1 aromatic heterocycles. The Bertz CT molecular complexity index is 1140. The first-order chi connectivity index (χ1) is 19.4. The highest BCUT2D eigenvalue weighted by atomic mass is 79.9. The molecule has 1 amide bonds. The molecule has 41 heavy (non-hydrogen) atoms. The molecule has 0 aliphatic heterocycles. The number of thiazole rings is 1. The second kappa shape index (κ2) is 19.1. The van der Waals surface area contributed by atoms with Gasteiger partial charge in [0.25, 0.3) is 5.91 Å². The van der Waals surface area contributed by atoms with E-state index in [0.29, 0.717) is 17.9 Å². The van der Waals surface area contributed by atoms with Crippen LogP contribution in [-0.4, -0.2) is 12.5 Å². The van der Waals surface area contributed by atoms with Crippen LogP contribution in [0.25, 0.3) is 0 Å². The minimum Gasteiger partial charge on any atom is -1.00 e. The summed E-state index contributed by atoms with van der Waals surface area (Å²) in [6, 6.07) is 14.1. The molecule has 0 aliphatic carbocycles. The monoisotopic (exact) mass is 642 g/mol. The van der Waals surface area contributed by atoms with E-state index >= 15 is 0 Å². The van der Waals surface area contributed by atoms with Crippen LogP contribution in [0.4, 0.5) is 5.69 Å². The Hall–Kier alpha value is -2.18. The number of ether oxygens (including phenoxy) is 1. The molecule has 1 heterocycles. The SMILES string of the molecule is CCCCCCCCCCCCCCOc1cc(C(C)(C)C)ccc1C(=O)Nc1cccc(C[n+]2ccsc2)c1.[Br-]. The van der Waals surface area contributed by atoms with Crippen molar-refractivity contribution in [3.05, 3.63) is 76.2 Å². The molecule has 0 fully saturated rings. The second-order valence-electron chi connectivity index (χ2n) is 12.1. The van der Waals surface area contributed by atoms with Gasteiger partial charge in [0, 0.05) is 11.3 Å². The number of nitrogens with zero attached hydrogens (tertiary/aromatic N) is 1. The minimum atomic E-state index is -0.134. The predicted octanol–water partition coefficient (Wildman–Crippen LogP) is 6.72. The number of anilines is 1. The molecule has 4 nitrogen and oxygen atoms in total. The molecule has 6 heteroatoms. The van der Waals surface area contributed by atoms with Gasteiger partial charge in [0.15, 0.2) is 12.7 Å². The lowest BCUT2D eigenvalue weighted by Crippen LogP contribution is -3.00. The predicted molar refractivity (Wildman–Crippen MR) is 170 cm³/mol. The molecule has 0 atom stereocenters. The Morgan fingerprint density at radius 1 is 0.878 bits per heavy atom. The third-order valence-electron chi connectivity index (χ3n) is 7.42. The van der Waals surface area contributed by atoms with Crippen molar-refractivity contribution in [1.29, 1.82) is 0 Å². The highest BCUT2D eigenvalue weighted by Crippen LogP contribution is 2.30. The van der Waals surface area contributed by atoms with Crippen molar-refractivity contribution in [1.82, 2.24) is 0 Å². The molecular formula is C35H51BrN2O2S. The molecule has 226 valence electrons. The van der Waals surface area contributed by atoms with Crippen molar-refractivity contribution in [2.75, 3.05) is 11.9 Å². The highest BCUT2D eigenvalue weighted by molar-refractivity contribution is 7.07. The maximum Gasteiger partial charge on any atom is 0.259 e. The van der Waals surface area contributed by atoms with Crippen molar-refractivity contribution in [2.24, 2.45) is 0 Å². The van der Waals surface area contributed by atoms with Gasteiger partial charge in [-0.15, -0.1) is 0 Å². The first-order valence-electron chi connectivity index (χ1n) is 15.5. The van der Waals surface area contributed by atoms with E-state index < -0.39 is 0 Å². The van der Waals surface area contributed by atoms with Gasteiger partial charge >= 0.3 is 0 Å². The van der Waals surface area contributed by atoms with Gasteiger partial charge in [-0.1, -0.05) is 128 Å². The van der Waals surface area contributed by atoms with Crippen molar-refractivity contribution < 1.29 is 31.1 Å². The van der Waals surface area contributed by atoms with Gasteiger partial charge in [-0.05, 0) is 41.7 Å². The molecule has 0 spiro atoms. The van der Waals surface area contributed by atoms with Gasteiger partial charge < -0.3 is 27.0 Å². The average Bonchev–Trinajstić information content (AvgIpc) is 3.44. The number of amides is 1. The van der Waals surface area contributed by atoms with E-state index in [0.717, 1.165) is 24.2 Å². The van der Waals surface area contributed by atoms with Crippen molar-refractivity contribution >= 4 is 22.9 Å². The Labute approximate surface area is 263 Å². The van der Waals surface area contributed by atoms with Crippen LogP contribution >= 0.6 is 11.3 Å². The number of nitrogens with one attached hydrogen (secondary N) is 1. The first kappa shape index (κ1) is 35.0. The van der Waals surface area contributed by atoms with Crippen molar-refractivity contribution in [3.8, 4) is 5.75 Å². The molecule has 0 radical (unpaired) electrons. The number of halogens is 1. The largest absolute Gasteiger partial charge is 1.00 e. The van der Waals surface area contributed by atoms with Gasteiger partial charge in [-0.25, -0.2) is 0 Å². The third kappa shape index (κ3) is 13.1. The smallest absolute Gasteiger partial charge is 0.259 e. The van der Waals surface area contributed by atoms with E-state index in [2.05, 4.69) is 72.9 Å². The van der Waals surface area contributed by atoms with E-state index in [9.17, 15) is 4.79 Å². The average molecular weight is 644 g/mol. The summed E-state index contributed by atoms with van der Waals surface area (Å²) in [7, 11) is 0. The molecule has 2 aromatic carbocycles. The third-order valence-corrected chi connectivity index (χ3v) is 8.10. The van der Waals surface area contributed by atoms with Gasteiger partial charge in [-0.3, -0.25) is 4.79 Å². The summed E-state index contributed by atoms with van der Waals surface area (Å²) in [6.07, 6.45) is 17.8. The number of carbonyl (C=O) groups excluding carboxylic acids is 1. The summed E-state index contributed by atoms with van der Waals surface area (Å²) in [6.45, 7) is 10.3. The summed E-state index contributed by atoms with van der Waals surface area (Å²) in [4.78, 5) is 13.4. The molecule has 3 rings (SSSR count).